The van der Waals surface area contributed by atoms with Crippen LogP contribution in [-0.4, -0.2) is 22.5 Å². The van der Waals surface area contributed by atoms with Crippen molar-refractivity contribution in [2.45, 2.75) is 37.6 Å². The summed E-state index contributed by atoms with van der Waals surface area (Å²) < 4.78 is 12.7. The molecule has 2 rings (SSSR count). The lowest BCUT2D eigenvalue weighted by atomic mass is 9.97. The summed E-state index contributed by atoms with van der Waals surface area (Å²) in [6, 6.07) is 5.91. The summed E-state index contributed by atoms with van der Waals surface area (Å²) in [6.45, 7) is 0. The van der Waals surface area contributed by atoms with Gasteiger partial charge in [0.25, 0.3) is 0 Å². The van der Waals surface area contributed by atoms with E-state index >= 15 is 0 Å². The minimum atomic E-state index is -1.10. The number of carboxylic acid groups (broad SMARTS) is 1. The molecular formula is C16H18FNO3. The number of amides is 1. The van der Waals surface area contributed by atoms with Crippen LogP contribution in [0.1, 0.15) is 37.7 Å². The van der Waals surface area contributed by atoms with Crippen molar-refractivity contribution in [1.82, 2.24) is 5.32 Å². The van der Waals surface area contributed by atoms with Gasteiger partial charge in [0.05, 0.1) is 0 Å². The maximum Gasteiger partial charge on any atom is 0.329 e. The molecule has 21 heavy (non-hydrogen) atoms. The van der Waals surface area contributed by atoms with Crippen molar-refractivity contribution < 1.29 is 19.1 Å². The van der Waals surface area contributed by atoms with E-state index in [0.717, 1.165) is 18.4 Å². The number of benzene rings is 1. The molecule has 1 saturated carbocycles. The van der Waals surface area contributed by atoms with Crippen molar-refractivity contribution in [2.75, 3.05) is 0 Å². The smallest absolute Gasteiger partial charge is 0.329 e. The van der Waals surface area contributed by atoms with E-state index in [4.69, 9.17) is 0 Å². The summed E-state index contributed by atoms with van der Waals surface area (Å²) >= 11 is 0. The Morgan fingerprint density at radius 2 is 1.86 bits per heavy atom. The first kappa shape index (κ1) is 15.2. The predicted octanol–water partition coefficient (Wildman–Crippen LogP) is 2.74. The zero-order valence-electron chi connectivity index (χ0n) is 11.6. The van der Waals surface area contributed by atoms with Crippen molar-refractivity contribution in [2.24, 2.45) is 0 Å². The maximum atomic E-state index is 12.7. The molecule has 5 heteroatoms. The number of halogens is 1. The van der Waals surface area contributed by atoms with Gasteiger partial charge in [-0.15, -0.1) is 0 Å². The van der Waals surface area contributed by atoms with Crippen LogP contribution < -0.4 is 5.32 Å². The molecule has 1 amide bonds. The third kappa shape index (κ3) is 3.90. The summed E-state index contributed by atoms with van der Waals surface area (Å²) in [7, 11) is 0. The standard InChI is InChI=1S/C16H18FNO3/c17-13-8-6-12(7-9-13)4-3-5-14(19)18-16(15(20)21)10-1-2-11-16/h3-4,6-9H,1-2,5,10-11H2,(H,18,19)(H,20,21)/b4-3+. The van der Waals surface area contributed by atoms with Gasteiger partial charge < -0.3 is 10.4 Å². The lowest BCUT2D eigenvalue weighted by Gasteiger charge is -2.24. The average molecular weight is 291 g/mol. The number of aliphatic carboxylic acids is 1. The topological polar surface area (TPSA) is 66.4 Å². The minimum Gasteiger partial charge on any atom is -0.480 e. The second kappa shape index (κ2) is 6.52. The van der Waals surface area contributed by atoms with E-state index in [-0.39, 0.29) is 18.1 Å². The van der Waals surface area contributed by atoms with Crippen LogP contribution in [0.25, 0.3) is 6.08 Å². The highest BCUT2D eigenvalue weighted by Crippen LogP contribution is 2.29. The van der Waals surface area contributed by atoms with E-state index in [9.17, 15) is 19.1 Å². The predicted molar refractivity (Wildman–Crippen MR) is 77.0 cm³/mol. The lowest BCUT2D eigenvalue weighted by Crippen LogP contribution is -2.52. The lowest BCUT2D eigenvalue weighted by molar-refractivity contribution is -0.147. The highest BCUT2D eigenvalue weighted by atomic mass is 19.1. The zero-order chi connectivity index (χ0) is 15.3. The van der Waals surface area contributed by atoms with E-state index in [2.05, 4.69) is 5.32 Å². The highest BCUT2D eigenvalue weighted by Gasteiger charge is 2.42. The van der Waals surface area contributed by atoms with E-state index in [1.54, 1.807) is 24.3 Å². The monoisotopic (exact) mass is 291 g/mol. The molecule has 2 N–H and O–H groups in total. The number of carbonyl (C=O) groups is 2. The van der Waals surface area contributed by atoms with Crippen LogP contribution in [0.15, 0.2) is 30.3 Å². The van der Waals surface area contributed by atoms with E-state index in [0.29, 0.717) is 12.8 Å². The quantitative estimate of drug-likeness (QED) is 0.876. The number of nitrogens with one attached hydrogen (secondary N) is 1. The maximum absolute atomic E-state index is 12.7. The van der Waals surface area contributed by atoms with E-state index in [1.165, 1.54) is 12.1 Å². The fraction of sp³-hybridized carbons (Fsp3) is 0.375. The Hall–Kier alpha value is -2.17. The Labute approximate surface area is 122 Å². The van der Waals surface area contributed by atoms with Gasteiger partial charge in [0, 0.05) is 6.42 Å². The van der Waals surface area contributed by atoms with Crippen LogP contribution in [0.4, 0.5) is 4.39 Å². The van der Waals surface area contributed by atoms with Gasteiger partial charge in [-0.1, -0.05) is 37.1 Å². The van der Waals surface area contributed by atoms with Gasteiger partial charge in [0.15, 0.2) is 0 Å². The summed E-state index contributed by atoms with van der Waals surface area (Å²) in [5, 5.41) is 11.9. The van der Waals surface area contributed by atoms with Crippen molar-refractivity contribution in [3.8, 4) is 0 Å². The SMILES string of the molecule is O=C(C/C=C/c1ccc(F)cc1)NC1(C(=O)O)CCCC1. The van der Waals surface area contributed by atoms with E-state index < -0.39 is 11.5 Å². The molecular weight excluding hydrogens is 273 g/mol. The molecule has 0 radical (unpaired) electrons. The molecule has 4 nitrogen and oxygen atoms in total. The second-order valence-electron chi connectivity index (χ2n) is 5.30. The van der Waals surface area contributed by atoms with Crippen LogP contribution in [0.2, 0.25) is 0 Å². The first-order valence-corrected chi connectivity index (χ1v) is 6.98. The molecule has 0 bridgehead atoms. The number of hydrogen-bond acceptors (Lipinski definition) is 2. The molecule has 0 spiro atoms. The number of carbonyl (C=O) groups excluding carboxylic acids is 1. The third-order valence-corrected chi connectivity index (χ3v) is 3.73. The van der Waals surface area contributed by atoms with Gasteiger partial charge in [-0.2, -0.15) is 0 Å². The van der Waals surface area contributed by atoms with Gasteiger partial charge in [-0.05, 0) is 30.5 Å². The Kier molecular flexibility index (Phi) is 4.73. The molecule has 1 aliphatic carbocycles. The molecule has 112 valence electrons. The highest BCUT2D eigenvalue weighted by molar-refractivity contribution is 5.88. The Balaban J connectivity index is 1.89. The van der Waals surface area contributed by atoms with Crippen molar-refractivity contribution in [1.29, 1.82) is 0 Å². The second-order valence-corrected chi connectivity index (χ2v) is 5.30. The van der Waals surface area contributed by atoms with Gasteiger partial charge in [-0.3, -0.25) is 4.79 Å². The number of hydrogen-bond donors (Lipinski definition) is 2. The van der Waals surface area contributed by atoms with Crippen LogP contribution in [0.5, 0.6) is 0 Å². The molecule has 1 aromatic rings. The van der Waals surface area contributed by atoms with Crippen molar-refractivity contribution in [3.63, 3.8) is 0 Å². The van der Waals surface area contributed by atoms with Gasteiger partial charge >= 0.3 is 5.97 Å². The fourth-order valence-corrected chi connectivity index (χ4v) is 2.56. The summed E-state index contributed by atoms with van der Waals surface area (Å²) in [4.78, 5) is 23.2. The molecule has 1 aliphatic rings. The third-order valence-electron chi connectivity index (χ3n) is 3.73. The zero-order valence-corrected chi connectivity index (χ0v) is 11.6. The normalized spacial score (nSPS) is 17.0. The molecule has 0 saturated heterocycles. The van der Waals surface area contributed by atoms with Crippen molar-refractivity contribution >= 4 is 18.0 Å². The molecule has 1 aromatic carbocycles. The van der Waals surface area contributed by atoms with Crippen LogP contribution >= 0.6 is 0 Å². The molecule has 0 aromatic heterocycles. The Morgan fingerprint density at radius 1 is 1.24 bits per heavy atom. The van der Waals surface area contributed by atoms with Crippen molar-refractivity contribution in [3.05, 3.63) is 41.7 Å². The molecule has 0 heterocycles. The molecule has 0 unspecified atom stereocenters. The van der Waals surface area contributed by atoms with Gasteiger partial charge in [0.1, 0.15) is 11.4 Å². The van der Waals surface area contributed by atoms with E-state index in [1.807, 2.05) is 0 Å². The number of rotatable bonds is 5. The van der Waals surface area contributed by atoms with Crippen LogP contribution in [0.3, 0.4) is 0 Å². The summed E-state index contributed by atoms with van der Waals surface area (Å²) in [5.74, 6) is -1.58. The van der Waals surface area contributed by atoms with Gasteiger partial charge in [0.2, 0.25) is 5.91 Å². The summed E-state index contributed by atoms with van der Waals surface area (Å²) in [5.41, 5.74) is -0.307. The van der Waals surface area contributed by atoms with Crippen LogP contribution in [-0.2, 0) is 9.59 Å². The molecule has 0 atom stereocenters. The minimum absolute atomic E-state index is 0.104. The summed E-state index contributed by atoms with van der Waals surface area (Å²) in [6.07, 6.45) is 6.06. The first-order chi connectivity index (χ1) is 10.0. The van der Waals surface area contributed by atoms with Gasteiger partial charge in [-0.25, -0.2) is 9.18 Å². The largest absolute Gasteiger partial charge is 0.480 e. The first-order valence-electron chi connectivity index (χ1n) is 6.98. The Bertz CT molecular complexity index is 545. The Morgan fingerprint density at radius 3 is 2.43 bits per heavy atom. The average Bonchev–Trinajstić information content (AvgIpc) is 2.91. The molecule has 0 aliphatic heterocycles. The fourth-order valence-electron chi connectivity index (χ4n) is 2.56. The number of carboxylic acids is 1. The van der Waals surface area contributed by atoms with Crippen LogP contribution in [0, 0.1) is 5.82 Å². The molecule has 1 fully saturated rings.